The first-order chi connectivity index (χ1) is 10.5. The predicted molar refractivity (Wildman–Crippen MR) is 87.2 cm³/mol. The van der Waals surface area contributed by atoms with Crippen LogP contribution in [0, 0.1) is 0 Å². The summed E-state index contributed by atoms with van der Waals surface area (Å²) in [5.74, 6) is 0.743. The zero-order valence-electron chi connectivity index (χ0n) is 12.0. The SMILES string of the molecule is Cn1ncc(N2CCC(Oc3cccc(Cl)c3)C2)c(Cl)c1=O. The van der Waals surface area contributed by atoms with Gasteiger partial charge in [0.2, 0.25) is 0 Å². The first-order valence-corrected chi connectivity index (χ1v) is 7.69. The summed E-state index contributed by atoms with van der Waals surface area (Å²) in [6.07, 6.45) is 2.49. The number of hydrogen-bond acceptors (Lipinski definition) is 4. The fourth-order valence-corrected chi connectivity index (χ4v) is 2.97. The van der Waals surface area contributed by atoms with Crippen molar-refractivity contribution in [2.75, 3.05) is 18.0 Å². The van der Waals surface area contributed by atoms with Crippen LogP contribution in [0.2, 0.25) is 10.0 Å². The van der Waals surface area contributed by atoms with E-state index in [0.717, 1.165) is 18.7 Å². The van der Waals surface area contributed by atoms with Gasteiger partial charge < -0.3 is 9.64 Å². The molecule has 7 heteroatoms. The molecule has 1 unspecified atom stereocenters. The Morgan fingerprint density at radius 3 is 2.95 bits per heavy atom. The Balaban J connectivity index is 1.73. The van der Waals surface area contributed by atoms with Crippen molar-refractivity contribution in [3.63, 3.8) is 0 Å². The molecule has 2 aromatic rings. The third kappa shape index (κ3) is 3.05. The Morgan fingerprint density at radius 2 is 2.18 bits per heavy atom. The van der Waals surface area contributed by atoms with Crippen LogP contribution in [0.4, 0.5) is 5.69 Å². The van der Waals surface area contributed by atoms with Crippen LogP contribution in [-0.2, 0) is 7.05 Å². The summed E-state index contributed by atoms with van der Waals surface area (Å²) in [7, 11) is 1.58. The molecule has 0 spiro atoms. The minimum absolute atomic E-state index is 0.0265. The number of nitrogens with zero attached hydrogens (tertiary/aromatic N) is 3. The lowest BCUT2D eigenvalue weighted by atomic mass is 10.3. The molecule has 1 aromatic heterocycles. The fraction of sp³-hybridized carbons (Fsp3) is 0.333. The van der Waals surface area contributed by atoms with Gasteiger partial charge in [0.15, 0.2) is 0 Å². The van der Waals surface area contributed by atoms with Crippen LogP contribution in [0.3, 0.4) is 0 Å². The molecule has 116 valence electrons. The lowest BCUT2D eigenvalue weighted by Crippen LogP contribution is -2.28. The summed E-state index contributed by atoms with van der Waals surface area (Å²) in [5, 5.41) is 4.86. The van der Waals surface area contributed by atoms with Gasteiger partial charge in [0.1, 0.15) is 16.9 Å². The molecule has 5 nitrogen and oxygen atoms in total. The van der Waals surface area contributed by atoms with E-state index < -0.39 is 0 Å². The van der Waals surface area contributed by atoms with E-state index in [2.05, 4.69) is 5.10 Å². The van der Waals surface area contributed by atoms with Crippen molar-refractivity contribution >= 4 is 28.9 Å². The Kier molecular flexibility index (Phi) is 4.27. The number of halogens is 2. The minimum atomic E-state index is -0.293. The summed E-state index contributed by atoms with van der Waals surface area (Å²) in [5.41, 5.74) is 0.361. The first-order valence-electron chi connectivity index (χ1n) is 6.93. The third-order valence-electron chi connectivity index (χ3n) is 3.64. The number of anilines is 1. The topological polar surface area (TPSA) is 47.4 Å². The molecule has 1 aliphatic rings. The Hall–Kier alpha value is -1.72. The van der Waals surface area contributed by atoms with E-state index in [9.17, 15) is 4.79 Å². The highest BCUT2D eigenvalue weighted by atomic mass is 35.5. The highest BCUT2D eigenvalue weighted by Gasteiger charge is 2.26. The molecular formula is C15H15Cl2N3O2. The zero-order valence-corrected chi connectivity index (χ0v) is 13.5. The van der Waals surface area contributed by atoms with Crippen LogP contribution in [0.1, 0.15) is 6.42 Å². The van der Waals surface area contributed by atoms with Crippen LogP contribution >= 0.6 is 23.2 Å². The second-order valence-electron chi connectivity index (χ2n) is 5.20. The van der Waals surface area contributed by atoms with Gasteiger partial charge in [0, 0.05) is 25.0 Å². The molecule has 1 atom stereocenters. The maximum absolute atomic E-state index is 11.9. The number of aromatic nitrogens is 2. The van der Waals surface area contributed by atoms with E-state index in [1.54, 1.807) is 25.4 Å². The molecule has 1 saturated heterocycles. The van der Waals surface area contributed by atoms with Gasteiger partial charge in [-0.3, -0.25) is 4.79 Å². The first kappa shape index (κ1) is 15.2. The average Bonchev–Trinajstić information content (AvgIpc) is 2.93. The van der Waals surface area contributed by atoms with Gasteiger partial charge in [0.05, 0.1) is 18.4 Å². The summed E-state index contributed by atoms with van der Waals surface area (Å²) < 4.78 is 7.15. The van der Waals surface area contributed by atoms with E-state index in [-0.39, 0.29) is 16.7 Å². The molecule has 0 saturated carbocycles. The van der Waals surface area contributed by atoms with E-state index in [1.807, 2.05) is 17.0 Å². The summed E-state index contributed by atoms with van der Waals surface area (Å²) in [6, 6.07) is 7.32. The number of aryl methyl sites for hydroxylation is 1. The van der Waals surface area contributed by atoms with Crippen LogP contribution < -0.4 is 15.2 Å². The van der Waals surface area contributed by atoms with Gasteiger partial charge >= 0.3 is 0 Å². The van der Waals surface area contributed by atoms with Gasteiger partial charge in [-0.1, -0.05) is 29.3 Å². The molecule has 0 aliphatic carbocycles. The fourth-order valence-electron chi connectivity index (χ4n) is 2.50. The molecule has 0 bridgehead atoms. The van der Waals surface area contributed by atoms with Gasteiger partial charge in [0.25, 0.3) is 5.56 Å². The molecule has 2 heterocycles. The maximum Gasteiger partial charge on any atom is 0.287 e. The zero-order chi connectivity index (χ0) is 15.7. The van der Waals surface area contributed by atoms with Crippen molar-refractivity contribution in [1.29, 1.82) is 0 Å². The van der Waals surface area contributed by atoms with Gasteiger partial charge in [-0.25, -0.2) is 4.68 Å². The molecule has 1 fully saturated rings. The standard InChI is InChI=1S/C15H15Cl2N3O2/c1-19-15(21)14(17)13(8-18-19)20-6-5-12(9-20)22-11-4-2-3-10(16)7-11/h2-4,7-8,12H,5-6,9H2,1H3. The Morgan fingerprint density at radius 1 is 1.36 bits per heavy atom. The van der Waals surface area contributed by atoms with Crippen molar-refractivity contribution < 1.29 is 4.74 Å². The van der Waals surface area contributed by atoms with Crippen molar-refractivity contribution in [2.24, 2.45) is 7.05 Å². The third-order valence-corrected chi connectivity index (χ3v) is 4.23. The molecule has 1 aromatic carbocycles. The second-order valence-corrected chi connectivity index (χ2v) is 6.02. The number of ether oxygens (including phenoxy) is 1. The largest absolute Gasteiger partial charge is 0.488 e. The lowest BCUT2D eigenvalue weighted by Gasteiger charge is -2.19. The quantitative estimate of drug-likeness (QED) is 0.862. The Labute approximate surface area is 138 Å². The van der Waals surface area contributed by atoms with Crippen LogP contribution in [0.25, 0.3) is 0 Å². The smallest absolute Gasteiger partial charge is 0.287 e. The van der Waals surface area contributed by atoms with Crippen molar-refractivity contribution in [2.45, 2.75) is 12.5 Å². The molecule has 3 rings (SSSR count). The van der Waals surface area contributed by atoms with Gasteiger partial charge in [-0.15, -0.1) is 0 Å². The van der Waals surface area contributed by atoms with E-state index in [0.29, 0.717) is 17.3 Å². The summed E-state index contributed by atoms with van der Waals surface area (Å²) >= 11 is 12.1. The maximum atomic E-state index is 11.9. The molecular weight excluding hydrogens is 325 g/mol. The monoisotopic (exact) mass is 339 g/mol. The second kappa shape index (κ2) is 6.18. The van der Waals surface area contributed by atoms with Crippen LogP contribution in [-0.4, -0.2) is 29.0 Å². The van der Waals surface area contributed by atoms with Crippen molar-refractivity contribution in [3.8, 4) is 5.75 Å². The van der Waals surface area contributed by atoms with E-state index in [4.69, 9.17) is 27.9 Å². The van der Waals surface area contributed by atoms with E-state index >= 15 is 0 Å². The van der Waals surface area contributed by atoms with Gasteiger partial charge in [-0.05, 0) is 18.2 Å². The van der Waals surface area contributed by atoms with Gasteiger partial charge in [-0.2, -0.15) is 5.10 Å². The minimum Gasteiger partial charge on any atom is -0.488 e. The Bertz CT molecular complexity index is 748. The lowest BCUT2D eigenvalue weighted by molar-refractivity contribution is 0.225. The summed E-state index contributed by atoms with van der Waals surface area (Å²) in [6.45, 7) is 1.42. The van der Waals surface area contributed by atoms with Crippen LogP contribution in [0.5, 0.6) is 5.75 Å². The average molecular weight is 340 g/mol. The van der Waals surface area contributed by atoms with Crippen LogP contribution in [0.15, 0.2) is 35.3 Å². The molecule has 22 heavy (non-hydrogen) atoms. The molecule has 0 radical (unpaired) electrons. The number of benzene rings is 1. The number of rotatable bonds is 3. The number of hydrogen-bond donors (Lipinski definition) is 0. The molecule has 0 N–H and O–H groups in total. The highest BCUT2D eigenvalue weighted by molar-refractivity contribution is 6.33. The summed E-state index contributed by atoms with van der Waals surface area (Å²) in [4.78, 5) is 13.9. The van der Waals surface area contributed by atoms with E-state index in [1.165, 1.54) is 4.68 Å². The van der Waals surface area contributed by atoms with Crippen molar-refractivity contribution in [1.82, 2.24) is 9.78 Å². The highest BCUT2D eigenvalue weighted by Crippen LogP contribution is 2.27. The molecule has 1 aliphatic heterocycles. The molecule has 0 amide bonds. The predicted octanol–water partition coefficient (Wildman–Crippen LogP) is 2.74. The normalized spacial score (nSPS) is 17.8. The van der Waals surface area contributed by atoms with Crippen molar-refractivity contribution in [3.05, 3.63) is 50.9 Å².